The number of imidazole rings is 1. The molecule has 3 nitrogen and oxygen atoms in total. The lowest BCUT2D eigenvalue weighted by Gasteiger charge is -2.23. The van der Waals surface area contributed by atoms with E-state index < -0.39 is 0 Å². The van der Waals surface area contributed by atoms with Crippen molar-refractivity contribution in [2.24, 2.45) is 5.92 Å². The number of alkyl halides is 1. The van der Waals surface area contributed by atoms with Gasteiger partial charge in [-0.2, -0.15) is 5.26 Å². The van der Waals surface area contributed by atoms with E-state index in [0.29, 0.717) is 17.5 Å². The van der Waals surface area contributed by atoms with E-state index in [1.807, 2.05) is 19.1 Å². The van der Waals surface area contributed by atoms with Crippen LogP contribution in [0.15, 0.2) is 18.2 Å². The minimum Gasteiger partial charge on any atom is -0.324 e. The van der Waals surface area contributed by atoms with Gasteiger partial charge in [0.15, 0.2) is 0 Å². The number of nitrogens with zero attached hydrogens (tertiary/aromatic N) is 3. The Morgan fingerprint density at radius 3 is 2.60 bits per heavy atom. The van der Waals surface area contributed by atoms with E-state index in [-0.39, 0.29) is 5.38 Å². The number of nitriles is 1. The number of hydrogen-bond acceptors (Lipinski definition) is 2. The molecule has 4 heteroatoms. The maximum Gasteiger partial charge on any atom is 0.128 e. The Labute approximate surface area is 125 Å². The Balaban J connectivity index is 2.74. The van der Waals surface area contributed by atoms with Crippen molar-refractivity contribution in [2.75, 3.05) is 0 Å². The lowest BCUT2D eigenvalue weighted by molar-refractivity contribution is 0.369. The summed E-state index contributed by atoms with van der Waals surface area (Å²) in [6, 6.07) is 8.24. The molecule has 20 heavy (non-hydrogen) atoms. The highest BCUT2D eigenvalue weighted by Crippen LogP contribution is 2.32. The Morgan fingerprint density at radius 2 is 2.05 bits per heavy atom. The molecule has 0 saturated heterocycles. The maximum atomic E-state index is 9.24. The van der Waals surface area contributed by atoms with E-state index in [4.69, 9.17) is 11.6 Å². The molecule has 0 amide bonds. The lowest BCUT2D eigenvalue weighted by Crippen LogP contribution is -2.16. The molecule has 1 heterocycles. The van der Waals surface area contributed by atoms with E-state index in [1.54, 1.807) is 6.07 Å². The largest absolute Gasteiger partial charge is 0.324 e. The van der Waals surface area contributed by atoms with E-state index in [9.17, 15) is 5.26 Å². The van der Waals surface area contributed by atoms with Gasteiger partial charge in [-0.15, -0.1) is 11.6 Å². The van der Waals surface area contributed by atoms with Gasteiger partial charge in [-0.05, 0) is 31.9 Å². The van der Waals surface area contributed by atoms with Crippen molar-refractivity contribution in [3.8, 4) is 6.07 Å². The normalized spacial score (nSPS) is 15.8. The third-order valence-electron chi connectivity index (χ3n) is 4.10. The third-order valence-corrected chi connectivity index (χ3v) is 4.29. The summed E-state index contributed by atoms with van der Waals surface area (Å²) >= 11 is 6.30. The molecule has 0 aliphatic carbocycles. The van der Waals surface area contributed by atoms with Gasteiger partial charge in [0.2, 0.25) is 0 Å². The number of hydrogen-bond donors (Lipinski definition) is 0. The lowest BCUT2D eigenvalue weighted by atomic mass is 10.00. The molecule has 0 fully saturated rings. The summed E-state index contributed by atoms with van der Waals surface area (Å²) in [4.78, 5) is 4.63. The van der Waals surface area contributed by atoms with Gasteiger partial charge in [0.1, 0.15) is 17.4 Å². The number of aromatic nitrogens is 2. The SMILES string of the molecule is CCC(C)C(C)n1c(C(C)Cl)nc2c(C#N)cccc21. The topological polar surface area (TPSA) is 41.6 Å². The molecular formula is C16H20ClN3. The third kappa shape index (κ3) is 2.41. The first kappa shape index (κ1) is 14.9. The minimum absolute atomic E-state index is 0.180. The van der Waals surface area contributed by atoms with Gasteiger partial charge >= 0.3 is 0 Å². The molecule has 106 valence electrons. The van der Waals surface area contributed by atoms with Crippen LogP contribution in [0.5, 0.6) is 0 Å². The van der Waals surface area contributed by atoms with Crippen LogP contribution in [0.1, 0.15) is 56.9 Å². The van der Waals surface area contributed by atoms with Crippen LogP contribution in [0.4, 0.5) is 0 Å². The van der Waals surface area contributed by atoms with Crippen LogP contribution in [-0.2, 0) is 0 Å². The van der Waals surface area contributed by atoms with Crippen LogP contribution in [0, 0.1) is 17.2 Å². The molecule has 0 N–H and O–H groups in total. The van der Waals surface area contributed by atoms with Crippen molar-refractivity contribution in [3.05, 3.63) is 29.6 Å². The number of halogens is 1. The van der Waals surface area contributed by atoms with Gasteiger partial charge in [-0.25, -0.2) is 4.98 Å². The molecular weight excluding hydrogens is 270 g/mol. The quantitative estimate of drug-likeness (QED) is 0.758. The van der Waals surface area contributed by atoms with E-state index in [2.05, 4.69) is 36.4 Å². The average Bonchev–Trinajstić information content (AvgIpc) is 2.84. The van der Waals surface area contributed by atoms with Gasteiger partial charge in [-0.1, -0.05) is 26.3 Å². The molecule has 2 rings (SSSR count). The zero-order chi connectivity index (χ0) is 14.9. The van der Waals surface area contributed by atoms with E-state index >= 15 is 0 Å². The van der Waals surface area contributed by atoms with Gasteiger partial charge in [-0.3, -0.25) is 0 Å². The molecule has 0 bridgehead atoms. The average molecular weight is 290 g/mol. The van der Waals surface area contributed by atoms with Crippen molar-refractivity contribution in [3.63, 3.8) is 0 Å². The highest BCUT2D eigenvalue weighted by molar-refractivity contribution is 6.20. The first-order valence-electron chi connectivity index (χ1n) is 7.06. The molecule has 0 spiro atoms. The molecule has 0 saturated carbocycles. The van der Waals surface area contributed by atoms with Crippen LogP contribution < -0.4 is 0 Å². The number of benzene rings is 1. The van der Waals surface area contributed by atoms with Crippen LogP contribution in [0.2, 0.25) is 0 Å². The molecule has 0 radical (unpaired) electrons. The highest BCUT2D eigenvalue weighted by Gasteiger charge is 2.23. The van der Waals surface area contributed by atoms with E-state index in [1.165, 1.54) is 0 Å². The predicted molar refractivity (Wildman–Crippen MR) is 82.9 cm³/mol. The first-order chi connectivity index (χ1) is 9.51. The number of fused-ring (bicyclic) bond motifs is 1. The molecule has 2 aromatic rings. The fourth-order valence-corrected chi connectivity index (χ4v) is 2.68. The van der Waals surface area contributed by atoms with Gasteiger partial charge in [0.25, 0.3) is 0 Å². The summed E-state index contributed by atoms with van der Waals surface area (Å²) in [5, 5.41) is 9.06. The second kappa shape index (κ2) is 5.85. The van der Waals surface area contributed by atoms with Crippen LogP contribution in [0.25, 0.3) is 11.0 Å². The zero-order valence-electron chi connectivity index (χ0n) is 12.4. The van der Waals surface area contributed by atoms with Crippen molar-refractivity contribution >= 4 is 22.6 Å². The van der Waals surface area contributed by atoms with Crippen molar-refractivity contribution < 1.29 is 0 Å². The molecule has 1 aromatic carbocycles. The van der Waals surface area contributed by atoms with Crippen LogP contribution >= 0.6 is 11.6 Å². The summed E-state index contributed by atoms with van der Waals surface area (Å²) in [7, 11) is 0. The predicted octanol–water partition coefficient (Wildman–Crippen LogP) is 4.81. The van der Waals surface area contributed by atoms with E-state index in [0.717, 1.165) is 23.3 Å². The fraction of sp³-hybridized carbons (Fsp3) is 0.500. The van der Waals surface area contributed by atoms with Crippen LogP contribution in [-0.4, -0.2) is 9.55 Å². The fourth-order valence-electron chi connectivity index (χ4n) is 2.53. The maximum absolute atomic E-state index is 9.24. The Morgan fingerprint density at radius 1 is 1.35 bits per heavy atom. The number of rotatable bonds is 4. The van der Waals surface area contributed by atoms with Crippen LogP contribution in [0.3, 0.4) is 0 Å². The number of para-hydroxylation sites is 1. The zero-order valence-corrected chi connectivity index (χ0v) is 13.1. The Bertz CT molecular complexity index is 652. The van der Waals surface area contributed by atoms with Crippen molar-refractivity contribution in [1.29, 1.82) is 5.26 Å². The Hall–Kier alpha value is -1.53. The van der Waals surface area contributed by atoms with Gasteiger partial charge in [0, 0.05) is 6.04 Å². The molecule has 0 aliphatic rings. The van der Waals surface area contributed by atoms with Gasteiger partial charge in [0.05, 0.1) is 16.5 Å². The first-order valence-corrected chi connectivity index (χ1v) is 7.49. The molecule has 1 aromatic heterocycles. The highest BCUT2D eigenvalue weighted by atomic mass is 35.5. The summed E-state index contributed by atoms with van der Waals surface area (Å²) in [5.74, 6) is 1.37. The summed E-state index contributed by atoms with van der Waals surface area (Å²) in [6.07, 6.45) is 1.09. The second-order valence-electron chi connectivity index (χ2n) is 5.37. The molecule has 0 aliphatic heterocycles. The van der Waals surface area contributed by atoms with Gasteiger partial charge < -0.3 is 4.57 Å². The monoisotopic (exact) mass is 289 g/mol. The second-order valence-corrected chi connectivity index (χ2v) is 6.02. The minimum atomic E-state index is -0.180. The Kier molecular flexibility index (Phi) is 4.35. The van der Waals surface area contributed by atoms with Crippen molar-refractivity contribution in [1.82, 2.24) is 9.55 Å². The molecule has 3 unspecified atom stereocenters. The van der Waals surface area contributed by atoms with Crippen molar-refractivity contribution in [2.45, 2.75) is 45.5 Å². The smallest absolute Gasteiger partial charge is 0.128 e. The summed E-state index contributed by atoms with van der Waals surface area (Å²) in [5.41, 5.74) is 2.36. The summed E-state index contributed by atoms with van der Waals surface area (Å²) < 4.78 is 2.20. The summed E-state index contributed by atoms with van der Waals surface area (Å²) in [6.45, 7) is 8.53. The molecule has 3 atom stereocenters. The standard InChI is InChI=1S/C16H20ClN3/c1-5-10(2)12(4)20-14-8-6-7-13(9-18)15(14)19-16(20)11(3)17/h6-8,10-12H,5H2,1-4H3.